The molecular formula is C18H24BrNO2. The first-order chi connectivity index (χ1) is 10.6. The number of benzene rings is 1. The third-order valence-electron chi connectivity index (χ3n) is 4.07. The molecule has 0 amide bonds. The highest BCUT2D eigenvalue weighted by Gasteiger charge is 2.21. The summed E-state index contributed by atoms with van der Waals surface area (Å²) < 4.78 is 0. The van der Waals surface area contributed by atoms with E-state index < -0.39 is 5.97 Å². The number of para-hydroxylation sites is 1. The van der Waals surface area contributed by atoms with Gasteiger partial charge in [-0.25, -0.2) is 0 Å². The van der Waals surface area contributed by atoms with Gasteiger partial charge in [0.25, 0.3) is 0 Å². The van der Waals surface area contributed by atoms with Crippen LogP contribution >= 0.6 is 15.9 Å². The first-order valence-corrected chi connectivity index (χ1v) is 8.95. The fraction of sp³-hybridized carbons (Fsp3) is 0.500. The van der Waals surface area contributed by atoms with E-state index in [1.54, 1.807) is 0 Å². The number of hydrogen-bond acceptors (Lipinski definition) is 1. The van der Waals surface area contributed by atoms with Gasteiger partial charge in [-0.2, -0.15) is 0 Å². The Bertz CT molecular complexity index is 575. The van der Waals surface area contributed by atoms with E-state index in [1.807, 2.05) is 18.2 Å². The molecule has 2 unspecified atom stereocenters. The number of aliphatic carboxylic acids is 1. The van der Waals surface area contributed by atoms with Crippen LogP contribution in [-0.2, 0) is 4.79 Å². The molecule has 0 saturated heterocycles. The van der Waals surface area contributed by atoms with Crippen molar-refractivity contribution in [2.24, 2.45) is 0 Å². The standard InChI is InChI=1S/C18H24BrNO2/c1-2-3-4-8-15(19)10-14(12-18(21)22)17-11-13-7-5-6-9-16(13)20-17/h5-7,9,11,14-15,20H,2-4,8,10,12H2,1H3,(H,21,22). The normalized spacial score (nSPS) is 14.1. The number of unbranched alkanes of at least 4 members (excludes halogenated alkanes) is 2. The Morgan fingerprint density at radius 2 is 2.09 bits per heavy atom. The molecule has 2 aromatic rings. The van der Waals surface area contributed by atoms with Gasteiger partial charge in [0, 0.05) is 22.0 Å². The first-order valence-electron chi connectivity index (χ1n) is 8.03. The minimum Gasteiger partial charge on any atom is -0.481 e. The van der Waals surface area contributed by atoms with Gasteiger partial charge in [-0.15, -0.1) is 0 Å². The zero-order valence-corrected chi connectivity index (χ0v) is 14.6. The molecule has 1 heterocycles. The summed E-state index contributed by atoms with van der Waals surface area (Å²) in [5.74, 6) is -0.715. The molecule has 1 aromatic heterocycles. The van der Waals surface area contributed by atoms with Crippen molar-refractivity contribution in [3.05, 3.63) is 36.0 Å². The van der Waals surface area contributed by atoms with Gasteiger partial charge in [-0.3, -0.25) is 4.79 Å². The summed E-state index contributed by atoms with van der Waals surface area (Å²) in [7, 11) is 0. The molecule has 0 aliphatic carbocycles. The van der Waals surface area contributed by atoms with Crippen LogP contribution in [0.15, 0.2) is 30.3 Å². The van der Waals surface area contributed by atoms with E-state index in [2.05, 4.69) is 40.0 Å². The Hall–Kier alpha value is -1.29. The number of aromatic amines is 1. The predicted molar refractivity (Wildman–Crippen MR) is 94.8 cm³/mol. The third kappa shape index (κ3) is 4.87. The number of alkyl halides is 1. The Kier molecular flexibility index (Phi) is 6.49. The number of carboxylic acid groups (broad SMARTS) is 1. The van der Waals surface area contributed by atoms with Crippen molar-refractivity contribution in [3.63, 3.8) is 0 Å². The molecule has 3 nitrogen and oxygen atoms in total. The Morgan fingerprint density at radius 1 is 1.32 bits per heavy atom. The van der Waals surface area contributed by atoms with Crippen LogP contribution in [0.1, 0.15) is 57.1 Å². The first kappa shape index (κ1) is 17.1. The zero-order chi connectivity index (χ0) is 15.9. The fourth-order valence-electron chi connectivity index (χ4n) is 2.89. The van der Waals surface area contributed by atoms with Gasteiger partial charge in [0.1, 0.15) is 0 Å². The summed E-state index contributed by atoms with van der Waals surface area (Å²) in [6.45, 7) is 2.20. The van der Waals surface area contributed by atoms with Gasteiger partial charge < -0.3 is 10.1 Å². The number of halogens is 1. The molecule has 4 heteroatoms. The maximum absolute atomic E-state index is 11.2. The molecule has 22 heavy (non-hydrogen) atoms. The molecule has 0 aliphatic rings. The van der Waals surface area contributed by atoms with E-state index in [4.69, 9.17) is 0 Å². The summed E-state index contributed by atoms with van der Waals surface area (Å²) in [5.41, 5.74) is 2.11. The number of carbonyl (C=O) groups is 1. The number of rotatable bonds is 9. The quantitative estimate of drug-likeness (QED) is 0.457. The predicted octanol–water partition coefficient (Wildman–Crippen LogP) is 5.46. The molecule has 2 N–H and O–H groups in total. The van der Waals surface area contributed by atoms with Crippen LogP contribution in [0.2, 0.25) is 0 Å². The van der Waals surface area contributed by atoms with Gasteiger partial charge in [0.05, 0.1) is 6.42 Å². The van der Waals surface area contributed by atoms with Crippen molar-refractivity contribution in [1.29, 1.82) is 0 Å². The van der Waals surface area contributed by atoms with Crippen molar-refractivity contribution >= 4 is 32.8 Å². The van der Waals surface area contributed by atoms with Crippen molar-refractivity contribution in [3.8, 4) is 0 Å². The fourth-order valence-corrected chi connectivity index (χ4v) is 3.66. The maximum atomic E-state index is 11.2. The molecule has 0 saturated carbocycles. The molecular weight excluding hydrogens is 342 g/mol. The van der Waals surface area contributed by atoms with Crippen LogP contribution < -0.4 is 0 Å². The molecule has 1 aromatic carbocycles. The van der Waals surface area contributed by atoms with Crippen LogP contribution in [0.4, 0.5) is 0 Å². The molecule has 0 radical (unpaired) electrons. The summed E-state index contributed by atoms with van der Waals surface area (Å²) in [6.07, 6.45) is 5.76. The van der Waals surface area contributed by atoms with E-state index in [0.717, 1.165) is 29.4 Å². The highest BCUT2D eigenvalue weighted by Crippen LogP contribution is 2.31. The van der Waals surface area contributed by atoms with E-state index in [9.17, 15) is 9.90 Å². The smallest absolute Gasteiger partial charge is 0.304 e. The number of carboxylic acids is 1. The van der Waals surface area contributed by atoms with Crippen molar-refractivity contribution < 1.29 is 9.90 Å². The van der Waals surface area contributed by atoms with Crippen LogP contribution in [0.3, 0.4) is 0 Å². The minimum atomic E-state index is -0.739. The second-order valence-corrected chi connectivity index (χ2v) is 7.23. The molecule has 0 bridgehead atoms. The number of nitrogens with one attached hydrogen (secondary N) is 1. The lowest BCUT2D eigenvalue weighted by molar-refractivity contribution is -0.137. The lowest BCUT2D eigenvalue weighted by Gasteiger charge is -2.17. The Labute approximate surface area is 140 Å². The van der Waals surface area contributed by atoms with E-state index in [1.165, 1.54) is 19.3 Å². The summed E-state index contributed by atoms with van der Waals surface area (Å²) in [4.78, 5) is 15.0. The third-order valence-corrected chi connectivity index (χ3v) is 4.90. The summed E-state index contributed by atoms with van der Waals surface area (Å²) in [6, 6.07) is 10.2. The molecule has 120 valence electrons. The SMILES string of the molecule is CCCCCC(Br)CC(CC(=O)O)c1cc2ccccc2[nH]1. The molecule has 0 fully saturated rings. The Balaban J connectivity index is 2.09. The number of fused-ring (bicyclic) bond motifs is 1. The van der Waals surface area contributed by atoms with Crippen LogP contribution in [0.25, 0.3) is 10.9 Å². The lowest BCUT2D eigenvalue weighted by atomic mass is 9.94. The largest absolute Gasteiger partial charge is 0.481 e. The number of aromatic nitrogens is 1. The second-order valence-electron chi connectivity index (χ2n) is 5.94. The monoisotopic (exact) mass is 365 g/mol. The van der Waals surface area contributed by atoms with E-state index in [-0.39, 0.29) is 12.3 Å². The van der Waals surface area contributed by atoms with E-state index >= 15 is 0 Å². The highest BCUT2D eigenvalue weighted by molar-refractivity contribution is 9.09. The van der Waals surface area contributed by atoms with Crippen molar-refractivity contribution in [1.82, 2.24) is 4.98 Å². The maximum Gasteiger partial charge on any atom is 0.304 e. The minimum absolute atomic E-state index is 0.0240. The van der Waals surface area contributed by atoms with Gasteiger partial charge in [-0.1, -0.05) is 60.3 Å². The second kappa shape index (κ2) is 8.37. The van der Waals surface area contributed by atoms with Crippen LogP contribution in [-0.4, -0.2) is 20.9 Å². The summed E-state index contributed by atoms with van der Waals surface area (Å²) >= 11 is 3.73. The van der Waals surface area contributed by atoms with Crippen molar-refractivity contribution in [2.45, 2.75) is 56.2 Å². The van der Waals surface area contributed by atoms with Crippen molar-refractivity contribution in [2.75, 3.05) is 0 Å². The van der Waals surface area contributed by atoms with Gasteiger partial charge >= 0.3 is 5.97 Å². The molecule has 2 atom stereocenters. The lowest BCUT2D eigenvalue weighted by Crippen LogP contribution is -2.12. The van der Waals surface area contributed by atoms with Gasteiger partial charge in [0.2, 0.25) is 0 Å². The van der Waals surface area contributed by atoms with Crippen LogP contribution in [0.5, 0.6) is 0 Å². The molecule has 0 spiro atoms. The van der Waals surface area contributed by atoms with E-state index in [0.29, 0.717) is 4.83 Å². The topological polar surface area (TPSA) is 53.1 Å². The van der Waals surface area contributed by atoms with Gasteiger partial charge in [-0.05, 0) is 30.4 Å². The Morgan fingerprint density at radius 3 is 2.77 bits per heavy atom. The highest BCUT2D eigenvalue weighted by atomic mass is 79.9. The number of hydrogen-bond donors (Lipinski definition) is 2. The summed E-state index contributed by atoms with van der Waals surface area (Å²) in [5, 5.41) is 10.4. The van der Waals surface area contributed by atoms with Crippen LogP contribution in [0, 0.1) is 0 Å². The average Bonchev–Trinajstić information content (AvgIpc) is 2.90. The number of H-pyrrole nitrogens is 1. The van der Waals surface area contributed by atoms with Gasteiger partial charge in [0.15, 0.2) is 0 Å². The molecule has 2 rings (SSSR count). The average molecular weight is 366 g/mol. The molecule has 0 aliphatic heterocycles. The zero-order valence-electron chi connectivity index (χ0n) is 13.0.